The molecule has 0 aliphatic rings. The van der Waals surface area contributed by atoms with E-state index < -0.39 is 11.8 Å². The molecule has 0 fully saturated rings. The first-order valence-corrected chi connectivity index (χ1v) is 6.58. The molecule has 0 radical (unpaired) electrons. The molecule has 0 amide bonds. The summed E-state index contributed by atoms with van der Waals surface area (Å²) in [7, 11) is 0. The van der Waals surface area contributed by atoms with Crippen molar-refractivity contribution >= 4 is 23.3 Å². The molecule has 21 heavy (non-hydrogen) atoms. The van der Waals surface area contributed by atoms with Crippen LogP contribution in [0.1, 0.15) is 17.3 Å². The highest BCUT2D eigenvalue weighted by Gasteiger charge is 2.12. The van der Waals surface area contributed by atoms with E-state index in [1.54, 1.807) is 6.92 Å². The molecule has 0 heterocycles. The second-order valence-corrected chi connectivity index (χ2v) is 4.56. The molecule has 110 valence electrons. The second kappa shape index (κ2) is 6.45. The van der Waals surface area contributed by atoms with E-state index in [0.717, 1.165) is 6.07 Å². The number of ether oxygens (including phenoxy) is 2. The van der Waals surface area contributed by atoms with Crippen LogP contribution < -0.4 is 10.5 Å². The molecule has 2 aromatic rings. The molecular weight excluding hydrogens is 297 g/mol. The van der Waals surface area contributed by atoms with Crippen LogP contribution in [-0.2, 0) is 4.74 Å². The first-order chi connectivity index (χ1) is 10.0. The third kappa shape index (κ3) is 3.64. The number of carbonyl (C=O) groups is 1. The van der Waals surface area contributed by atoms with Gasteiger partial charge in [0.2, 0.25) is 0 Å². The molecule has 6 heteroatoms. The van der Waals surface area contributed by atoms with Crippen LogP contribution >= 0.6 is 11.6 Å². The third-order valence-corrected chi connectivity index (χ3v) is 2.93. The highest BCUT2D eigenvalue weighted by Crippen LogP contribution is 2.33. The summed E-state index contributed by atoms with van der Waals surface area (Å²) in [5.74, 6) is -0.465. The number of nitrogen functional groups attached to an aromatic ring is 1. The van der Waals surface area contributed by atoms with Crippen LogP contribution in [0.5, 0.6) is 11.5 Å². The smallest absolute Gasteiger partial charge is 0.338 e. The lowest BCUT2D eigenvalue weighted by molar-refractivity contribution is 0.0526. The van der Waals surface area contributed by atoms with Gasteiger partial charge in [0, 0.05) is 0 Å². The van der Waals surface area contributed by atoms with Gasteiger partial charge in [-0.1, -0.05) is 11.6 Å². The molecule has 4 nitrogen and oxygen atoms in total. The quantitative estimate of drug-likeness (QED) is 0.684. The number of hydrogen-bond acceptors (Lipinski definition) is 4. The highest BCUT2D eigenvalue weighted by atomic mass is 35.5. The second-order valence-electron chi connectivity index (χ2n) is 4.15. The van der Waals surface area contributed by atoms with Gasteiger partial charge in [0.25, 0.3) is 0 Å². The van der Waals surface area contributed by atoms with E-state index in [2.05, 4.69) is 0 Å². The summed E-state index contributed by atoms with van der Waals surface area (Å²) in [6, 6.07) is 8.24. The minimum Gasteiger partial charge on any atom is -0.462 e. The van der Waals surface area contributed by atoms with E-state index in [0.29, 0.717) is 11.3 Å². The third-order valence-electron chi connectivity index (χ3n) is 2.64. The summed E-state index contributed by atoms with van der Waals surface area (Å²) >= 11 is 5.89. The number of hydrogen-bond donors (Lipinski definition) is 1. The van der Waals surface area contributed by atoms with Crippen molar-refractivity contribution in [3.05, 3.63) is 52.8 Å². The number of halogens is 2. The van der Waals surface area contributed by atoms with Crippen molar-refractivity contribution in [2.24, 2.45) is 0 Å². The Kier molecular flexibility index (Phi) is 4.65. The van der Waals surface area contributed by atoms with Crippen molar-refractivity contribution in [3.8, 4) is 11.5 Å². The lowest BCUT2D eigenvalue weighted by Crippen LogP contribution is -2.05. The van der Waals surface area contributed by atoms with E-state index in [9.17, 15) is 9.18 Å². The van der Waals surface area contributed by atoms with Crippen molar-refractivity contribution in [3.63, 3.8) is 0 Å². The molecular formula is C15H13ClFNO3. The number of nitrogens with two attached hydrogens (primary N) is 1. The fraction of sp³-hybridized carbons (Fsp3) is 0.133. The summed E-state index contributed by atoms with van der Waals surface area (Å²) in [6.45, 7) is 1.98. The molecule has 0 aromatic heterocycles. The number of benzene rings is 2. The van der Waals surface area contributed by atoms with Gasteiger partial charge in [0.15, 0.2) is 5.75 Å². The maximum Gasteiger partial charge on any atom is 0.338 e. The lowest BCUT2D eigenvalue weighted by atomic mass is 10.2. The molecule has 0 atom stereocenters. The van der Waals surface area contributed by atoms with Gasteiger partial charge in [-0.25, -0.2) is 9.18 Å². The van der Waals surface area contributed by atoms with Gasteiger partial charge in [-0.3, -0.25) is 0 Å². The predicted octanol–water partition coefficient (Wildman–Crippen LogP) is 4.03. The zero-order valence-corrected chi connectivity index (χ0v) is 12.0. The average Bonchev–Trinajstić information content (AvgIpc) is 2.44. The summed E-state index contributed by atoms with van der Waals surface area (Å²) < 4.78 is 23.4. The monoisotopic (exact) mass is 309 g/mol. The van der Waals surface area contributed by atoms with Crippen LogP contribution in [0.3, 0.4) is 0 Å². The summed E-state index contributed by atoms with van der Waals surface area (Å²) in [5, 5.41) is 0.107. The molecule has 2 rings (SSSR count). The van der Waals surface area contributed by atoms with Crippen LogP contribution in [-0.4, -0.2) is 12.6 Å². The molecule has 0 spiro atoms. The van der Waals surface area contributed by atoms with Crippen LogP contribution in [0.2, 0.25) is 5.02 Å². The van der Waals surface area contributed by atoms with Gasteiger partial charge in [0.1, 0.15) is 11.6 Å². The van der Waals surface area contributed by atoms with Gasteiger partial charge >= 0.3 is 5.97 Å². The van der Waals surface area contributed by atoms with E-state index in [1.807, 2.05) is 0 Å². The molecule has 2 aromatic carbocycles. The largest absolute Gasteiger partial charge is 0.462 e. The summed E-state index contributed by atoms with van der Waals surface area (Å²) in [5.41, 5.74) is 6.42. The Hall–Kier alpha value is -2.27. The number of esters is 1. The van der Waals surface area contributed by atoms with Crippen LogP contribution in [0.25, 0.3) is 0 Å². The molecule has 0 saturated heterocycles. The van der Waals surface area contributed by atoms with Crippen molar-refractivity contribution in [1.82, 2.24) is 0 Å². The van der Waals surface area contributed by atoms with E-state index in [4.69, 9.17) is 26.8 Å². The average molecular weight is 310 g/mol. The fourth-order valence-electron chi connectivity index (χ4n) is 1.64. The van der Waals surface area contributed by atoms with Crippen LogP contribution in [0.4, 0.5) is 10.1 Å². The molecule has 2 N–H and O–H groups in total. The molecule has 0 aliphatic carbocycles. The van der Waals surface area contributed by atoms with Crippen molar-refractivity contribution in [1.29, 1.82) is 0 Å². The van der Waals surface area contributed by atoms with E-state index in [1.165, 1.54) is 30.3 Å². The normalized spacial score (nSPS) is 10.2. The van der Waals surface area contributed by atoms with Gasteiger partial charge in [0.05, 0.1) is 22.9 Å². The Morgan fingerprint density at radius 2 is 2.00 bits per heavy atom. The molecule has 0 unspecified atom stereocenters. The maximum atomic E-state index is 13.0. The maximum absolute atomic E-state index is 13.0. The minimum atomic E-state index is -0.479. The fourth-order valence-corrected chi connectivity index (χ4v) is 1.85. The van der Waals surface area contributed by atoms with E-state index >= 15 is 0 Å². The Balaban J connectivity index is 2.30. The molecule has 0 saturated carbocycles. The van der Waals surface area contributed by atoms with Gasteiger partial charge in [-0.15, -0.1) is 0 Å². The van der Waals surface area contributed by atoms with E-state index in [-0.39, 0.29) is 23.1 Å². The van der Waals surface area contributed by atoms with Gasteiger partial charge < -0.3 is 15.2 Å². The topological polar surface area (TPSA) is 61.5 Å². The Morgan fingerprint density at radius 1 is 1.24 bits per heavy atom. The van der Waals surface area contributed by atoms with Crippen molar-refractivity contribution < 1.29 is 18.7 Å². The summed E-state index contributed by atoms with van der Waals surface area (Å²) in [4.78, 5) is 11.7. The first kappa shape index (κ1) is 15.1. The van der Waals surface area contributed by atoms with Crippen LogP contribution in [0.15, 0.2) is 36.4 Å². The predicted molar refractivity (Wildman–Crippen MR) is 78.3 cm³/mol. The van der Waals surface area contributed by atoms with Crippen LogP contribution in [0, 0.1) is 5.82 Å². The Labute approximate surface area is 126 Å². The first-order valence-electron chi connectivity index (χ1n) is 6.20. The zero-order chi connectivity index (χ0) is 15.4. The number of anilines is 1. The summed E-state index contributed by atoms with van der Waals surface area (Å²) in [6.07, 6.45) is 0. The molecule has 0 bridgehead atoms. The number of carbonyl (C=O) groups excluding carboxylic acids is 1. The number of rotatable bonds is 4. The standard InChI is InChI=1S/C15H13ClFNO3/c1-2-20-15(19)9-3-5-12(18)14(7-9)21-13-6-4-10(17)8-11(13)16/h3-8H,2,18H2,1H3. The van der Waals surface area contributed by atoms with Crippen molar-refractivity contribution in [2.75, 3.05) is 12.3 Å². The Bertz CT molecular complexity index is 676. The van der Waals surface area contributed by atoms with Gasteiger partial charge in [-0.2, -0.15) is 0 Å². The Morgan fingerprint density at radius 3 is 2.67 bits per heavy atom. The SMILES string of the molecule is CCOC(=O)c1ccc(N)c(Oc2ccc(F)cc2Cl)c1. The zero-order valence-electron chi connectivity index (χ0n) is 11.2. The molecule has 0 aliphatic heterocycles. The van der Waals surface area contributed by atoms with Crippen molar-refractivity contribution in [2.45, 2.75) is 6.92 Å². The minimum absolute atomic E-state index is 0.107. The highest BCUT2D eigenvalue weighted by molar-refractivity contribution is 6.32. The van der Waals surface area contributed by atoms with Gasteiger partial charge in [-0.05, 0) is 43.3 Å². The lowest BCUT2D eigenvalue weighted by Gasteiger charge is -2.11.